The molecule has 1 fully saturated rings. The lowest BCUT2D eigenvalue weighted by atomic mass is 9.80. The molecule has 1 saturated carbocycles. The molecule has 88 valence electrons. The Hall–Kier alpha value is -1.16. The standard InChI is InChI=1S/C12H18FN3/c13-12(4-1-10(14)2-5-12)8-9-3-6-16-11(15)7-9/h3,6-7,10H,1-2,4-5,8,14H2,(H2,15,16). The van der Waals surface area contributed by atoms with Gasteiger partial charge in [0.25, 0.3) is 0 Å². The highest BCUT2D eigenvalue weighted by atomic mass is 19.1. The van der Waals surface area contributed by atoms with Gasteiger partial charge in [-0.3, -0.25) is 0 Å². The SMILES string of the molecule is Nc1cc(CC2(F)CCC(N)CC2)ccn1. The number of pyridine rings is 1. The van der Waals surface area contributed by atoms with E-state index in [0.717, 1.165) is 18.4 Å². The van der Waals surface area contributed by atoms with Crippen molar-refractivity contribution in [2.24, 2.45) is 5.73 Å². The zero-order valence-corrected chi connectivity index (χ0v) is 9.32. The molecular formula is C12H18FN3. The highest BCUT2D eigenvalue weighted by Crippen LogP contribution is 2.34. The lowest BCUT2D eigenvalue weighted by Crippen LogP contribution is -2.37. The van der Waals surface area contributed by atoms with Crippen molar-refractivity contribution in [1.29, 1.82) is 0 Å². The van der Waals surface area contributed by atoms with Crippen LogP contribution >= 0.6 is 0 Å². The van der Waals surface area contributed by atoms with Gasteiger partial charge in [-0.05, 0) is 43.4 Å². The summed E-state index contributed by atoms with van der Waals surface area (Å²) < 4.78 is 14.4. The first-order chi connectivity index (χ1) is 7.57. The van der Waals surface area contributed by atoms with Crippen molar-refractivity contribution < 1.29 is 4.39 Å². The van der Waals surface area contributed by atoms with Crippen LogP contribution in [0, 0.1) is 0 Å². The number of nitrogen functional groups attached to an aromatic ring is 1. The molecule has 0 amide bonds. The average Bonchev–Trinajstić information content (AvgIpc) is 2.23. The molecule has 3 nitrogen and oxygen atoms in total. The van der Waals surface area contributed by atoms with Gasteiger partial charge in [-0.1, -0.05) is 0 Å². The molecule has 0 saturated heterocycles. The summed E-state index contributed by atoms with van der Waals surface area (Å²) in [6.45, 7) is 0. The molecule has 4 heteroatoms. The number of nitrogens with zero attached hydrogens (tertiary/aromatic N) is 1. The molecule has 0 aliphatic heterocycles. The van der Waals surface area contributed by atoms with Crippen LogP contribution in [0.25, 0.3) is 0 Å². The van der Waals surface area contributed by atoms with E-state index in [9.17, 15) is 4.39 Å². The summed E-state index contributed by atoms with van der Waals surface area (Å²) in [5.41, 5.74) is 11.2. The number of hydrogen-bond donors (Lipinski definition) is 2. The minimum atomic E-state index is -1.11. The van der Waals surface area contributed by atoms with Crippen LogP contribution in [-0.2, 0) is 6.42 Å². The van der Waals surface area contributed by atoms with Crippen molar-refractivity contribution in [3.63, 3.8) is 0 Å². The van der Waals surface area contributed by atoms with Gasteiger partial charge in [0, 0.05) is 18.7 Å². The van der Waals surface area contributed by atoms with Gasteiger partial charge >= 0.3 is 0 Å². The van der Waals surface area contributed by atoms with Crippen LogP contribution in [0.4, 0.5) is 10.2 Å². The normalized spacial score (nSPS) is 30.2. The second kappa shape index (κ2) is 4.37. The fourth-order valence-corrected chi connectivity index (χ4v) is 2.30. The number of hydrogen-bond acceptors (Lipinski definition) is 3. The second-order valence-electron chi connectivity index (χ2n) is 4.75. The molecule has 0 spiro atoms. The van der Waals surface area contributed by atoms with Gasteiger partial charge in [0.15, 0.2) is 0 Å². The number of halogens is 1. The second-order valence-corrected chi connectivity index (χ2v) is 4.75. The van der Waals surface area contributed by atoms with Gasteiger partial charge in [0.2, 0.25) is 0 Å². The maximum atomic E-state index is 14.4. The molecule has 1 heterocycles. The van der Waals surface area contributed by atoms with Crippen molar-refractivity contribution in [2.45, 2.75) is 43.8 Å². The minimum absolute atomic E-state index is 0.173. The third kappa shape index (κ3) is 2.70. The Bertz CT molecular complexity index is 359. The molecule has 1 aromatic heterocycles. The Morgan fingerprint density at radius 3 is 2.75 bits per heavy atom. The first-order valence-electron chi connectivity index (χ1n) is 5.72. The molecule has 2 rings (SSSR count). The van der Waals surface area contributed by atoms with E-state index in [1.54, 1.807) is 12.3 Å². The van der Waals surface area contributed by atoms with E-state index in [2.05, 4.69) is 4.98 Å². The predicted molar refractivity (Wildman–Crippen MR) is 62.6 cm³/mol. The molecule has 0 radical (unpaired) electrons. The Labute approximate surface area is 95.0 Å². The fraction of sp³-hybridized carbons (Fsp3) is 0.583. The Morgan fingerprint density at radius 2 is 2.12 bits per heavy atom. The number of anilines is 1. The van der Waals surface area contributed by atoms with Crippen molar-refractivity contribution >= 4 is 5.82 Å². The largest absolute Gasteiger partial charge is 0.384 e. The highest BCUT2D eigenvalue weighted by molar-refractivity contribution is 5.32. The molecular weight excluding hydrogens is 205 g/mol. The summed E-state index contributed by atoms with van der Waals surface area (Å²) in [5.74, 6) is 0.452. The number of rotatable bonds is 2. The van der Waals surface area contributed by atoms with E-state index < -0.39 is 5.67 Å². The monoisotopic (exact) mass is 223 g/mol. The van der Waals surface area contributed by atoms with E-state index in [4.69, 9.17) is 11.5 Å². The quantitative estimate of drug-likeness (QED) is 0.803. The Balaban J connectivity index is 2.03. The van der Waals surface area contributed by atoms with Gasteiger partial charge in [0.05, 0.1) is 0 Å². The van der Waals surface area contributed by atoms with Gasteiger partial charge in [-0.15, -0.1) is 0 Å². The molecule has 4 N–H and O–H groups in total. The lowest BCUT2D eigenvalue weighted by molar-refractivity contribution is 0.0995. The molecule has 1 aromatic rings. The Kier molecular flexibility index (Phi) is 3.10. The molecule has 0 atom stereocenters. The molecule has 1 aliphatic rings. The van der Waals surface area contributed by atoms with Crippen molar-refractivity contribution in [3.8, 4) is 0 Å². The minimum Gasteiger partial charge on any atom is -0.384 e. The van der Waals surface area contributed by atoms with Crippen molar-refractivity contribution in [1.82, 2.24) is 4.98 Å². The summed E-state index contributed by atoms with van der Waals surface area (Å²) in [5, 5.41) is 0. The van der Waals surface area contributed by atoms with E-state index in [1.807, 2.05) is 6.07 Å². The Morgan fingerprint density at radius 1 is 1.44 bits per heavy atom. The van der Waals surface area contributed by atoms with Crippen LogP contribution in [0.1, 0.15) is 31.2 Å². The van der Waals surface area contributed by atoms with E-state index in [-0.39, 0.29) is 6.04 Å². The van der Waals surface area contributed by atoms with Crippen LogP contribution in [0.5, 0.6) is 0 Å². The fourth-order valence-electron chi connectivity index (χ4n) is 2.30. The molecule has 1 aliphatic carbocycles. The van der Waals surface area contributed by atoms with Gasteiger partial charge < -0.3 is 11.5 Å². The third-order valence-electron chi connectivity index (χ3n) is 3.29. The lowest BCUT2D eigenvalue weighted by Gasteiger charge is -2.32. The highest BCUT2D eigenvalue weighted by Gasteiger charge is 2.34. The summed E-state index contributed by atoms with van der Waals surface area (Å²) in [7, 11) is 0. The third-order valence-corrected chi connectivity index (χ3v) is 3.29. The molecule has 0 aromatic carbocycles. The summed E-state index contributed by atoms with van der Waals surface area (Å²) >= 11 is 0. The topological polar surface area (TPSA) is 64.9 Å². The van der Waals surface area contributed by atoms with E-state index in [1.165, 1.54) is 0 Å². The first kappa shape index (κ1) is 11.3. The van der Waals surface area contributed by atoms with Crippen molar-refractivity contribution in [3.05, 3.63) is 23.9 Å². The van der Waals surface area contributed by atoms with E-state index >= 15 is 0 Å². The summed E-state index contributed by atoms with van der Waals surface area (Å²) in [4.78, 5) is 3.90. The van der Waals surface area contributed by atoms with Gasteiger partial charge in [-0.2, -0.15) is 0 Å². The maximum Gasteiger partial charge on any atom is 0.123 e. The predicted octanol–water partition coefficient (Wildman–Crippen LogP) is 1.82. The van der Waals surface area contributed by atoms with Crippen LogP contribution in [-0.4, -0.2) is 16.7 Å². The van der Waals surface area contributed by atoms with Crippen LogP contribution in [0.15, 0.2) is 18.3 Å². The van der Waals surface area contributed by atoms with Gasteiger partial charge in [-0.25, -0.2) is 9.37 Å². The van der Waals surface area contributed by atoms with E-state index in [0.29, 0.717) is 25.1 Å². The smallest absolute Gasteiger partial charge is 0.123 e. The van der Waals surface area contributed by atoms with Gasteiger partial charge in [0.1, 0.15) is 11.5 Å². The zero-order chi connectivity index (χ0) is 11.6. The number of aromatic nitrogens is 1. The maximum absolute atomic E-state index is 14.4. The molecule has 16 heavy (non-hydrogen) atoms. The zero-order valence-electron chi connectivity index (χ0n) is 9.32. The molecule has 0 unspecified atom stereocenters. The molecule has 0 bridgehead atoms. The number of alkyl halides is 1. The van der Waals surface area contributed by atoms with Crippen LogP contribution in [0.3, 0.4) is 0 Å². The first-order valence-corrected chi connectivity index (χ1v) is 5.72. The van der Waals surface area contributed by atoms with Crippen LogP contribution < -0.4 is 11.5 Å². The average molecular weight is 223 g/mol. The van der Waals surface area contributed by atoms with Crippen LogP contribution in [0.2, 0.25) is 0 Å². The number of nitrogens with two attached hydrogens (primary N) is 2. The summed E-state index contributed by atoms with van der Waals surface area (Å²) in [6, 6.07) is 3.74. The van der Waals surface area contributed by atoms with Crippen molar-refractivity contribution in [2.75, 3.05) is 5.73 Å². The summed E-state index contributed by atoms with van der Waals surface area (Å²) in [6.07, 6.45) is 4.70.